The molecule has 1 nitrogen and oxygen atoms in total. The van der Waals surface area contributed by atoms with Crippen LogP contribution in [0.2, 0.25) is 5.02 Å². The molecule has 2 aromatic carbocycles. The van der Waals surface area contributed by atoms with Crippen LogP contribution in [0.3, 0.4) is 0 Å². The molecule has 0 saturated heterocycles. The second kappa shape index (κ2) is 6.25. The Bertz CT molecular complexity index is 619. The first kappa shape index (κ1) is 15.5. The van der Waals surface area contributed by atoms with Crippen LogP contribution in [0.5, 0.6) is 0 Å². The SMILES string of the molecule is Cc1cc(C(N)Cc2cccc(Cl)c2F)cc(C)c1Br. The quantitative estimate of drug-likeness (QED) is 0.813. The van der Waals surface area contributed by atoms with Gasteiger partial charge in [-0.1, -0.05) is 51.8 Å². The van der Waals surface area contributed by atoms with Crippen LogP contribution < -0.4 is 5.73 Å². The summed E-state index contributed by atoms with van der Waals surface area (Å²) >= 11 is 9.32. The predicted octanol–water partition coefficient (Wildman–Crippen LogP) is 5.10. The Labute approximate surface area is 132 Å². The van der Waals surface area contributed by atoms with Crippen LogP contribution >= 0.6 is 27.5 Å². The van der Waals surface area contributed by atoms with Gasteiger partial charge in [0.2, 0.25) is 0 Å². The van der Waals surface area contributed by atoms with E-state index in [2.05, 4.69) is 15.9 Å². The molecule has 0 heterocycles. The fourth-order valence-electron chi connectivity index (χ4n) is 2.25. The molecule has 0 bridgehead atoms. The van der Waals surface area contributed by atoms with Crippen LogP contribution in [0.1, 0.15) is 28.3 Å². The maximum atomic E-state index is 13.9. The van der Waals surface area contributed by atoms with Gasteiger partial charge in [0, 0.05) is 10.5 Å². The molecule has 1 atom stereocenters. The number of halogens is 3. The lowest BCUT2D eigenvalue weighted by molar-refractivity contribution is 0.593. The first-order chi connectivity index (χ1) is 9.40. The van der Waals surface area contributed by atoms with Crippen LogP contribution in [0.25, 0.3) is 0 Å². The third-order valence-corrected chi connectivity index (χ3v) is 4.90. The minimum atomic E-state index is -0.379. The van der Waals surface area contributed by atoms with Crippen molar-refractivity contribution in [1.29, 1.82) is 0 Å². The number of rotatable bonds is 3. The summed E-state index contributed by atoms with van der Waals surface area (Å²) in [6.45, 7) is 4.04. The average Bonchev–Trinajstić information content (AvgIpc) is 2.40. The van der Waals surface area contributed by atoms with E-state index in [1.165, 1.54) is 0 Å². The van der Waals surface area contributed by atoms with Crippen molar-refractivity contribution in [1.82, 2.24) is 0 Å². The van der Waals surface area contributed by atoms with Crippen LogP contribution in [0.15, 0.2) is 34.8 Å². The zero-order valence-electron chi connectivity index (χ0n) is 11.4. The summed E-state index contributed by atoms with van der Waals surface area (Å²) in [5.74, 6) is -0.379. The molecule has 0 saturated carbocycles. The third-order valence-electron chi connectivity index (χ3n) is 3.36. The molecule has 0 spiro atoms. The Kier molecular flexibility index (Phi) is 4.84. The maximum Gasteiger partial charge on any atom is 0.145 e. The fourth-order valence-corrected chi connectivity index (χ4v) is 2.68. The maximum absolute atomic E-state index is 13.9. The lowest BCUT2D eigenvalue weighted by Crippen LogP contribution is -2.15. The van der Waals surface area contributed by atoms with E-state index in [1.54, 1.807) is 18.2 Å². The number of hydrogen-bond donors (Lipinski definition) is 1. The molecular formula is C16H16BrClFN. The van der Waals surface area contributed by atoms with E-state index in [4.69, 9.17) is 17.3 Å². The number of benzene rings is 2. The smallest absolute Gasteiger partial charge is 0.145 e. The van der Waals surface area contributed by atoms with Gasteiger partial charge in [0.15, 0.2) is 0 Å². The van der Waals surface area contributed by atoms with Crippen LogP contribution in [0, 0.1) is 19.7 Å². The first-order valence-corrected chi connectivity index (χ1v) is 7.52. The van der Waals surface area contributed by atoms with Crippen molar-refractivity contribution >= 4 is 27.5 Å². The Morgan fingerprint density at radius 2 is 1.85 bits per heavy atom. The van der Waals surface area contributed by atoms with E-state index < -0.39 is 0 Å². The normalized spacial score (nSPS) is 12.5. The van der Waals surface area contributed by atoms with Crippen molar-refractivity contribution in [2.45, 2.75) is 26.3 Å². The molecule has 0 amide bonds. The zero-order chi connectivity index (χ0) is 14.9. The lowest BCUT2D eigenvalue weighted by Gasteiger charge is -2.16. The van der Waals surface area contributed by atoms with Gasteiger partial charge in [0.05, 0.1) is 5.02 Å². The van der Waals surface area contributed by atoms with Gasteiger partial charge in [-0.15, -0.1) is 0 Å². The molecule has 4 heteroatoms. The molecule has 1 unspecified atom stereocenters. The molecule has 0 aliphatic carbocycles. The monoisotopic (exact) mass is 355 g/mol. The van der Waals surface area contributed by atoms with Gasteiger partial charge in [-0.3, -0.25) is 0 Å². The van der Waals surface area contributed by atoms with Gasteiger partial charge in [-0.2, -0.15) is 0 Å². The summed E-state index contributed by atoms with van der Waals surface area (Å²) in [5, 5.41) is 0.137. The lowest BCUT2D eigenvalue weighted by atomic mass is 9.96. The van der Waals surface area contributed by atoms with Gasteiger partial charge in [-0.05, 0) is 48.6 Å². The molecule has 2 aromatic rings. The van der Waals surface area contributed by atoms with E-state index >= 15 is 0 Å². The molecule has 0 aliphatic heterocycles. The Hall–Kier alpha value is -0.900. The molecule has 0 radical (unpaired) electrons. The Morgan fingerprint density at radius 1 is 1.25 bits per heavy atom. The van der Waals surface area contributed by atoms with E-state index in [-0.39, 0.29) is 16.9 Å². The molecule has 0 fully saturated rings. The average molecular weight is 357 g/mol. The highest BCUT2D eigenvalue weighted by Crippen LogP contribution is 2.27. The third kappa shape index (κ3) is 3.22. The summed E-state index contributed by atoms with van der Waals surface area (Å²) < 4.78 is 15.0. The standard InChI is InChI=1S/C16H16BrClFN/c1-9-6-12(7-10(2)15(9)17)14(20)8-11-4-3-5-13(18)16(11)19/h3-7,14H,8,20H2,1-2H3. The highest BCUT2D eigenvalue weighted by molar-refractivity contribution is 9.10. The van der Waals surface area contributed by atoms with E-state index in [1.807, 2.05) is 26.0 Å². The largest absolute Gasteiger partial charge is 0.324 e. The van der Waals surface area contributed by atoms with Crippen LogP contribution in [-0.2, 0) is 6.42 Å². The van der Waals surface area contributed by atoms with Gasteiger partial charge >= 0.3 is 0 Å². The van der Waals surface area contributed by atoms with E-state index in [0.717, 1.165) is 21.2 Å². The van der Waals surface area contributed by atoms with Crippen molar-refractivity contribution in [3.63, 3.8) is 0 Å². The van der Waals surface area contributed by atoms with Gasteiger partial charge in [-0.25, -0.2) is 4.39 Å². The Morgan fingerprint density at radius 3 is 2.45 bits per heavy atom. The zero-order valence-corrected chi connectivity index (χ0v) is 13.7. The summed E-state index contributed by atoms with van der Waals surface area (Å²) in [7, 11) is 0. The van der Waals surface area contributed by atoms with Crippen molar-refractivity contribution in [3.05, 3.63) is 67.9 Å². The summed E-state index contributed by atoms with van der Waals surface area (Å²) in [4.78, 5) is 0. The molecule has 20 heavy (non-hydrogen) atoms. The summed E-state index contributed by atoms with van der Waals surface area (Å²) in [6, 6.07) is 8.81. The van der Waals surface area contributed by atoms with Crippen molar-refractivity contribution in [2.75, 3.05) is 0 Å². The van der Waals surface area contributed by atoms with Crippen LogP contribution in [0.4, 0.5) is 4.39 Å². The fraction of sp³-hybridized carbons (Fsp3) is 0.250. The molecular weight excluding hydrogens is 341 g/mol. The molecule has 0 aliphatic rings. The summed E-state index contributed by atoms with van der Waals surface area (Å²) in [6.07, 6.45) is 0.424. The second-order valence-corrected chi connectivity index (χ2v) is 6.19. The van der Waals surface area contributed by atoms with Crippen molar-refractivity contribution in [3.8, 4) is 0 Å². The summed E-state index contributed by atoms with van der Waals surface area (Å²) in [5.41, 5.74) is 10.0. The highest BCUT2D eigenvalue weighted by Gasteiger charge is 2.14. The van der Waals surface area contributed by atoms with Crippen LogP contribution in [-0.4, -0.2) is 0 Å². The second-order valence-electron chi connectivity index (χ2n) is 4.99. The van der Waals surface area contributed by atoms with Gasteiger partial charge in [0.1, 0.15) is 5.82 Å². The molecule has 2 N–H and O–H groups in total. The van der Waals surface area contributed by atoms with E-state index in [9.17, 15) is 4.39 Å². The van der Waals surface area contributed by atoms with Crippen molar-refractivity contribution in [2.24, 2.45) is 5.73 Å². The van der Waals surface area contributed by atoms with Crippen molar-refractivity contribution < 1.29 is 4.39 Å². The van der Waals surface area contributed by atoms with Gasteiger partial charge < -0.3 is 5.73 Å². The highest BCUT2D eigenvalue weighted by atomic mass is 79.9. The van der Waals surface area contributed by atoms with Gasteiger partial charge in [0.25, 0.3) is 0 Å². The first-order valence-electron chi connectivity index (χ1n) is 6.35. The molecule has 106 valence electrons. The number of aryl methyl sites for hydroxylation is 2. The molecule has 0 aromatic heterocycles. The minimum absolute atomic E-state index is 0.137. The number of hydrogen-bond acceptors (Lipinski definition) is 1. The predicted molar refractivity (Wildman–Crippen MR) is 85.7 cm³/mol. The van der Waals surface area contributed by atoms with E-state index in [0.29, 0.717) is 12.0 Å². The Balaban J connectivity index is 2.28. The molecule has 2 rings (SSSR count). The number of nitrogens with two attached hydrogens (primary N) is 1. The topological polar surface area (TPSA) is 26.0 Å². The minimum Gasteiger partial charge on any atom is -0.324 e.